The fourth-order valence-electron chi connectivity index (χ4n) is 2.34. The smallest absolute Gasteiger partial charge is 0.193 e. The van der Waals surface area contributed by atoms with Gasteiger partial charge in [0.15, 0.2) is 6.34 Å². The molecule has 1 aliphatic rings. The molecule has 0 fully saturated rings. The number of nitrogens with zero attached hydrogens (tertiary/aromatic N) is 1. The van der Waals surface area contributed by atoms with Crippen LogP contribution in [0, 0.1) is 0 Å². The summed E-state index contributed by atoms with van der Waals surface area (Å²) in [5.41, 5.74) is 3.23. The van der Waals surface area contributed by atoms with Gasteiger partial charge in [-0.15, -0.1) is 0 Å². The summed E-state index contributed by atoms with van der Waals surface area (Å²) in [5, 5.41) is 10.3. The van der Waals surface area contributed by atoms with Gasteiger partial charge in [0, 0.05) is 0 Å². The lowest BCUT2D eigenvalue weighted by atomic mass is 10.0. The molecule has 0 radical (unpaired) electrons. The van der Waals surface area contributed by atoms with Crippen molar-refractivity contribution in [2.45, 2.75) is 6.10 Å². The largest absolute Gasteiger partial charge is 1.00 e. The first-order chi connectivity index (χ1) is 9.83. The van der Waals surface area contributed by atoms with Gasteiger partial charge in [0.2, 0.25) is 0 Å². The number of halogens is 1. The van der Waals surface area contributed by atoms with Crippen molar-refractivity contribution in [2.75, 3.05) is 6.54 Å². The van der Waals surface area contributed by atoms with Gasteiger partial charge in [0.25, 0.3) is 0 Å². The zero-order chi connectivity index (χ0) is 13.8. The minimum Gasteiger partial charge on any atom is -1.00 e. The third kappa shape index (κ3) is 3.79. The second kappa shape index (κ2) is 7.18. The van der Waals surface area contributed by atoms with E-state index in [4.69, 9.17) is 0 Å². The summed E-state index contributed by atoms with van der Waals surface area (Å²) in [6.07, 6.45) is 4.99. The molecule has 0 amide bonds. The summed E-state index contributed by atoms with van der Waals surface area (Å²) in [7, 11) is 0. The lowest BCUT2D eigenvalue weighted by Gasteiger charge is -2.14. The predicted octanol–water partition coefficient (Wildman–Crippen LogP) is -1.21. The van der Waals surface area contributed by atoms with Gasteiger partial charge < -0.3 is 17.5 Å². The molecule has 0 aliphatic carbocycles. The summed E-state index contributed by atoms with van der Waals surface area (Å²) in [6, 6.07) is 18.3. The summed E-state index contributed by atoms with van der Waals surface area (Å²) in [4.78, 5) is 5.08. The first-order valence-corrected chi connectivity index (χ1v) is 6.72. The van der Waals surface area contributed by atoms with E-state index in [0.29, 0.717) is 6.54 Å². The number of nitrogens with one attached hydrogen (secondary N) is 1. The maximum atomic E-state index is 10.3. The lowest BCUT2D eigenvalue weighted by molar-refractivity contribution is -0.742. The van der Waals surface area contributed by atoms with E-state index >= 15 is 0 Å². The SMILES string of the molecule is OC(C[NH+]1C=CN=C1)c1cccc(-c2ccccc2)c1.[Cl-]. The molecule has 3 nitrogen and oxygen atoms in total. The van der Waals surface area contributed by atoms with Crippen LogP contribution in [0.15, 0.2) is 72.0 Å². The van der Waals surface area contributed by atoms with Crippen LogP contribution in [0.5, 0.6) is 0 Å². The first kappa shape index (κ1) is 15.4. The number of aliphatic hydroxyl groups is 1. The van der Waals surface area contributed by atoms with Crippen LogP contribution in [0.4, 0.5) is 0 Å². The van der Waals surface area contributed by atoms with Gasteiger partial charge in [0.05, 0.1) is 6.20 Å². The molecule has 0 aromatic heterocycles. The Kier molecular flexibility index (Phi) is 5.28. The van der Waals surface area contributed by atoms with Crippen molar-refractivity contribution in [1.82, 2.24) is 0 Å². The highest BCUT2D eigenvalue weighted by Gasteiger charge is 2.16. The van der Waals surface area contributed by atoms with E-state index in [9.17, 15) is 5.11 Å². The first-order valence-electron chi connectivity index (χ1n) is 6.72. The van der Waals surface area contributed by atoms with Gasteiger partial charge in [0.1, 0.15) is 18.8 Å². The van der Waals surface area contributed by atoms with Crippen LogP contribution >= 0.6 is 0 Å². The molecule has 4 heteroatoms. The summed E-state index contributed by atoms with van der Waals surface area (Å²) >= 11 is 0. The van der Waals surface area contributed by atoms with E-state index in [1.165, 1.54) is 0 Å². The Morgan fingerprint density at radius 3 is 2.48 bits per heavy atom. The van der Waals surface area contributed by atoms with Crippen molar-refractivity contribution in [1.29, 1.82) is 0 Å². The van der Waals surface area contributed by atoms with E-state index in [0.717, 1.165) is 21.6 Å². The number of benzene rings is 2. The van der Waals surface area contributed by atoms with E-state index in [-0.39, 0.29) is 12.4 Å². The van der Waals surface area contributed by atoms with E-state index in [2.05, 4.69) is 29.3 Å². The number of aliphatic imine (C=N–C) groups is 1. The number of quaternary nitrogens is 1. The Morgan fingerprint density at radius 1 is 1.00 bits per heavy atom. The second-order valence-corrected chi connectivity index (χ2v) is 4.88. The van der Waals surface area contributed by atoms with Crippen molar-refractivity contribution < 1.29 is 22.4 Å². The molecule has 21 heavy (non-hydrogen) atoms. The molecule has 2 unspecified atom stereocenters. The van der Waals surface area contributed by atoms with Gasteiger partial charge >= 0.3 is 0 Å². The highest BCUT2D eigenvalue weighted by Crippen LogP contribution is 2.22. The Morgan fingerprint density at radius 2 is 1.76 bits per heavy atom. The number of hydrogen-bond acceptors (Lipinski definition) is 2. The van der Waals surface area contributed by atoms with Crippen LogP contribution in [-0.4, -0.2) is 18.0 Å². The summed E-state index contributed by atoms with van der Waals surface area (Å²) in [6.45, 7) is 0.595. The van der Waals surface area contributed by atoms with Crippen LogP contribution in [0.1, 0.15) is 11.7 Å². The monoisotopic (exact) mass is 300 g/mol. The molecule has 2 atom stereocenters. The molecular formula is C17H17ClN2O. The maximum absolute atomic E-state index is 10.3. The Labute approximate surface area is 130 Å². The van der Waals surface area contributed by atoms with Crippen LogP contribution in [0.3, 0.4) is 0 Å². The Balaban J connectivity index is 0.00000161. The third-order valence-electron chi connectivity index (χ3n) is 3.42. The van der Waals surface area contributed by atoms with Crippen molar-refractivity contribution in [3.8, 4) is 11.1 Å². The molecule has 2 aromatic rings. The number of hydrogen-bond donors (Lipinski definition) is 2. The highest BCUT2D eigenvalue weighted by atomic mass is 35.5. The molecule has 2 N–H and O–H groups in total. The minimum absolute atomic E-state index is 0. The average molecular weight is 301 g/mol. The van der Waals surface area contributed by atoms with Crippen LogP contribution in [-0.2, 0) is 0 Å². The summed E-state index contributed by atoms with van der Waals surface area (Å²) in [5.74, 6) is 0. The molecule has 1 aliphatic heterocycles. The van der Waals surface area contributed by atoms with Crippen LogP contribution in [0.2, 0.25) is 0 Å². The molecule has 0 saturated heterocycles. The molecule has 3 rings (SSSR count). The standard InChI is InChI=1S/C17H16N2O.ClH/c20-17(12-19-10-9-18-13-19)16-8-4-7-15(11-16)14-5-2-1-3-6-14;/h1-11,13,17,20H,12H2;1H. The Hall–Kier alpha value is -1.94. The van der Waals surface area contributed by atoms with E-state index < -0.39 is 6.10 Å². The third-order valence-corrected chi connectivity index (χ3v) is 3.42. The van der Waals surface area contributed by atoms with Crippen LogP contribution in [0.25, 0.3) is 11.1 Å². The number of aliphatic hydroxyl groups excluding tert-OH is 1. The molecule has 0 bridgehead atoms. The molecule has 108 valence electrons. The van der Waals surface area contributed by atoms with Crippen molar-refractivity contribution >= 4 is 6.34 Å². The maximum Gasteiger partial charge on any atom is 0.193 e. The molecule has 0 spiro atoms. The molecule has 1 heterocycles. The van der Waals surface area contributed by atoms with Crippen molar-refractivity contribution in [3.63, 3.8) is 0 Å². The van der Waals surface area contributed by atoms with Crippen LogP contribution < -0.4 is 17.3 Å². The highest BCUT2D eigenvalue weighted by molar-refractivity contribution is 5.64. The van der Waals surface area contributed by atoms with Gasteiger partial charge in [-0.1, -0.05) is 48.5 Å². The van der Waals surface area contributed by atoms with Crippen molar-refractivity contribution in [3.05, 3.63) is 72.6 Å². The van der Waals surface area contributed by atoms with Gasteiger partial charge in [-0.05, 0) is 22.8 Å². The fraction of sp³-hybridized carbons (Fsp3) is 0.118. The minimum atomic E-state index is -0.497. The molecular weight excluding hydrogens is 284 g/mol. The normalized spacial score (nSPS) is 17.5. The zero-order valence-electron chi connectivity index (χ0n) is 11.5. The van der Waals surface area contributed by atoms with Gasteiger partial charge in [-0.3, -0.25) is 4.90 Å². The van der Waals surface area contributed by atoms with Gasteiger partial charge in [-0.25, -0.2) is 4.99 Å². The van der Waals surface area contributed by atoms with E-state index in [1.54, 1.807) is 12.5 Å². The molecule has 0 saturated carbocycles. The fourth-order valence-corrected chi connectivity index (χ4v) is 2.34. The summed E-state index contributed by atoms with van der Waals surface area (Å²) < 4.78 is 0. The topological polar surface area (TPSA) is 37.0 Å². The van der Waals surface area contributed by atoms with Crippen molar-refractivity contribution in [2.24, 2.45) is 4.99 Å². The Bertz CT molecular complexity index is 628. The average Bonchev–Trinajstić information content (AvgIpc) is 3.01. The second-order valence-electron chi connectivity index (χ2n) is 4.88. The zero-order valence-corrected chi connectivity index (χ0v) is 12.2. The van der Waals surface area contributed by atoms with Gasteiger partial charge in [-0.2, -0.15) is 0 Å². The van der Waals surface area contributed by atoms with E-state index in [1.807, 2.05) is 36.5 Å². The predicted molar refractivity (Wildman–Crippen MR) is 80.3 cm³/mol. The quantitative estimate of drug-likeness (QED) is 0.730. The number of rotatable bonds is 4. The molecule has 2 aromatic carbocycles. The lowest BCUT2D eigenvalue weighted by Crippen LogP contribution is -3.06.